The number of hydrogen-bond donors (Lipinski definition) is 2. The lowest BCUT2D eigenvalue weighted by atomic mass is 10.0. The monoisotopic (exact) mass is 296 g/mol. The first-order chi connectivity index (χ1) is 9.59. The van der Waals surface area contributed by atoms with Gasteiger partial charge in [-0.3, -0.25) is 0 Å². The molecule has 5 nitrogen and oxygen atoms in total. The van der Waals surface area contributed by atoms with Crippen LogP contribution in [0.25, 0.3) is 0 Å². The van der Waals surface area contributed by atoms with Crippen molar-refractivity contribution in [2.24, 2.45) is 0 Å². The molecule has 1 saturated heterocycles. The van der Waals surface area contributed by atoms with Crippen LogP contribution in [0.1, 0.15) is 24.0 Å². The van der Waals surface area contributed by atoms with Crippen LogP contribution in [0.15, 0.2) is 23.1 Å². The maximum absolute atomic E-state index is 12.8. The molecule has 1 unspecified atom stereocenters. The maximum atomic E-state index is 12.8. The number of piperidine rings is 1. The zero-order valence-electron chi connectivity index (χ0n) is 11.4. The van der Waals surface area contributed by atoms with E-state index < -0.39 is 16.1 Å². The van der Waals surface area contributed by atoms with Gasteiger partial charge in [-0.25, -0.2) is 8.42 Å². The molecule has 0 radical (unpaired) electrons. The topological polar surface area (TPSA) is 69.6 Å². The molecular formula is C14H20N2O3S. The third-order valence-corrected chi connectivity index (χ3v) is 6.02. The Hall–Kier alpha value is -0.950. The largest absolute Gasteiger partial charge is 0.392 e. The number of sulfonamides is 1. The fraction of sp³-hybridized carbons (Fsp3) is 0.571. The Balaban J connectivity index is 1.99. The van der Waals surface area contributed by atoms with Crippen molar-refractivity contribution in [1.82, 2.24) is 9.62 Å². The molecule has 110 valence electrons. The van der Waals surface area contributed by atoms with E-state index in [1.54, 1.807) is 12.1 Å². The van der Waals surface area contributed by atoms with Crippen molar-refractivity contribution in [2.75, 3.05) is 19.6 Å². The molecule has 2 heterocycles. The van der Waals surface area contributed by atoms with E-state index in [0.717, 1.165) is 37.1 Å². The third kappa shape index (κ3) is 2.48. The molecule has 0 saturated carbocycles. The second-order valence-electron chi connectivity index (χ2n) is 5.48. The van der Waals surface area contributed by atoms with E-state index in [0.29, 0.717) is 17.9 Å². The van der Waals surface area contributed by atoms with Gasteiger partial charge >= 0.3 is 0 Å². The van der Waals surface area contributed by atoms with E-state index in [1.807, 2.05) is 6.07 Å². The number of hydrogen-bond acceptors (Lipinski definition) is 4. The van der Waals surface area contributed by atoms with Gasteiger partial charge in [0.25, 0.3) is 0 Å². The van der Waals surface area contributed by atoms with Gasteiger partial charge in [0.15, 0.2) is 0 Å². The Kier molecular flexibility index (Phi) is 3.81. The number of nitrogens with zero attached hydrogens (tertiary/aromatic N) is 1. The molecule has 1 aromatic rings. The van der Waals surface area contributed by atoms with Crippen LogP contribution in [0.4, 0.5) is 0 Å². The predicted molar refractivity (Wildman–Crippen MR) is 75.9 cm³/mol. The lowest BCUT2D eigenvalue weighted by molar-refractivity contribution is 0.108. The molecule has 6 heteroatoms. The summed E-state index contributed by atoms with van der Waals surface area (Å²) in [7, 11) is -3.49. The second-order valence-corrected chi connectivity index (χ2v) is 7.39. The van der Waals surface area contributed by atoms with Gasteiger partial charge in [0, 0.05) is 19.6 Å². The molecule has 1 aromatic carbocycles. The summed E-state index contributed by atoms with van der Waals surface area (Å²) in [5.74, 6) is 0. The Morgan fingerprint density at radius 1 is 1.35 bits per heavy atom. The summed E-state index contributed by atoms with van der Waals surface area (Å²) in [6.45, 7) is 2.25. The number of β-amino-alcohol motifs (C(OH)–C–C–N with tert-alkyl or cyclic N) is 1. The van der Waals surface area contributed by atoms with Crippen molar-refractivity contribution in [3.63, 3.8) is 0 Å². The van der Waals surface area contributed by atoms with E-state index in [4.69, 9.17) is 0 Å². The van der Waals surface area contributed by atoms with Gasteiger partial charge in [-0.2, -0.15) is 4.31 Å². The van der Waals surface area contributed by atoms with Crippen LogP contribution in [0.5, 0.6) is 0 Å². The van der Waals surface area contributed by atoms with Crippen LogP contribution in [0, 0.1) is 0 Å². The van der Waals surface area contributed by atoms with E-state index >= 15 is 0 Å². The minimum absolute atomic E-state index is 0.213. The highest BCUT2D eigenvalue weighted by Crippen LogP contribution is 2.27. The SMILES string of the molecule is O=S(=O)(c1cccc2c1CCNC2)N1CCCC(O)C1. The standard InChI is InChI=1S/C14H20N2O3S/c17-12-4-2-8-16(10-12)20(18,19)14-5-1-3-11-9-15-7-6-13(11)14/h1,3,5,12,15,17H,2,4,6-10H2. The molecule has 0 bridgehead atoms. The normalized spacial score (nSPS) is 24.4. The number of aliphatic hydroxyl groups is 1. The maximum Gasteiger partial charge on any atom is 0.243 e. The summed E-state index contributed by atoms with van der Waals surface area (Å²) in [5.41, 5.74) is 2.00. The molecule has 2 aliphatic heterocycles. The predicted octanol–water partition coefficient (Wildman–Crippen LogP) is 0.478. The highest BCUT2D eigenvalue weighted by molar-refractivity contribution is 7.89. The first kappa shape index (κ1) is 14.0. The molecule has 2 aliphatic rings. The van der Waals surface area contributed by atoms with Gasteiger partial charge in [0.2, 0.25) is 10.0 Å². The summed E-state index contributed by atoms with van der Waals surface area (Å²) in [6.07, 6.45) is 1.60. The van der Waals surface area contributed by atoms with Crippen LogP contribution < -0.4 is 5.32 Å². The number of nitrogens with one attached hydrogen (secondary N) is 1. The van der Waals surface area contributed by atoms with Gasteiger partial charge < -0.3 is 10.4 Å². The third-order valence-electron chi connectivity index (χ3n) is 4.07. The zero-order chi connectivity index (χ0) is 14.2. The van der Waals surface area contributed by atoms with E-state index in [2.05, 4.69) is 5.32 Å². The summed E-state index contributed by atoms with van der Waals surface area (Å²) >= 11 is 0. The van der Waals surface area contributed by atoms with Gasteiger partial charge in [0.1, 0.15) is 0 Å². The van der Waals surface area contributed by atoms with Crippen LogP contribution >= 0.6 is 0 Å². The Morgan fingerprint density at radius 3 is 3.00 bits per heavy atom. The Morgan fingerprint density at radius 2 is 2.20 bits per heavy atom. The summed E-state index contributed by atoms with van der Waals surface area (Å²) in [4.78, 5) is 0.422. The average molecular weight is 296 g/mol. The summed E-state index contributed by atoms with van der Waals surface area (Å²) < 4.78 is 27.0. The lowest BCUT2D eigenvalue weighted by Gasteiger charge is -2.30. The minimum atomic E-state index is -3.49. The molecule has 2 N–H and O–H groups in total. The fourth-order valence-corrected chi connectivity index (χ4v) is 4.83. The van der Waals surface area contributed by atoms with Crippen molar-refractivity contribution in [3.8, 4) is 0 Å². The Labute approximate surface area is 119 Å². The van der Waals surface area contributed by atoms with Crippen molar-refractivity contribution < 1.29 is 13.5 Å². The molecule has 0 aromatic heterocycles. The van der Waals surface area contributed by atoms with Gasteiger partial charge in [-0.1, -0.05) is 12.1 Å². The number of aliphatic hydroxyl groups excluding tert-OH is 1. The average Bonchev–Trinajstić information content (AvgIpc) is 2.46. The molecule has 1 fully saturated rings. The first-order valence-electron chi connectivity index (χ1n) is 7.09. The Bertz CT molecular complexity index is 600. The van der Waals surface area contributed by atoms with Gasteiger partial charge in [-0.15, -0.1) is 0 Å². The quantitative estimate of drug-likeness (QED) is 0.833. The molecular weight excluding hydrogens is 276 g/mol. The molecule has 3 rings (SSSR count). The number of fused-ring (bicyclic) bond motifs is 1. The highest BCUT2D eigenvalue weighted by atomic mass is 32.2. The van der Waals surface area contributed by atoms with Crippen LogP contribution in [0.3, 0.4) is 0 Å². The fourth-order valence-electron chi connectivity index (χ4n) is 3.02. The summed E-state index contributed by atoms with van der Waals surface area (Å²) in [5, 5.41) is 13.0. The second kappa shape index (κ2) is 5.44. The summed E-state index contributed by atoms with van der Waals surface area (Å²) in [6, 6.07) is 5.48. The van der Waals surface area contributed by atoms with Crippen molar-refractivity contribution in [3.05, 3.63) is 29.3 Å². The number of benzene rings is 1. The van der Waals surface area contributed by atoms with Crippen molar-refractivity contribution in [1.29, 1.82) is 0 Å². The first-order valence-corrected chi connectivity index (χ1v) is 8.53. The van der Waals surface area contributed by atoms with E-state index in [9.17, 15) is 13.5 Å². The molecule has 1 atom stereocenters. The lowest BCUT2D eigenvalue weighted by Crippen LogP contribution is -2.42. The van der Waals surface area contributed by atoms with Crippen molar-refractivity contribution in [2.45, 2.75) is 36.8 Å². The highest BCUT2D eigenvalue weighted by Gasteiger charge is 2.31. The van der Waals surface area contributed by atoms with Crippen LogP contribution in [-0.4, -0.2) is 43.6 Å². The number of rotatable bonds is 2. The van der Waals surface area contributed by atoms with Gasteiger partial charge in [0.05, 0.1) is 11.0 Å². The van der Waals surface area contributed by atoms with Crippen LogP contribution in [-0.2, 0) is 23.0 Å². The molecule has 0 spiro atoms. The van der Waals surface area contributed by atoms with Crippen LogP contribution in [0.2, 0.25) is 0 Å². The molecule has 20 heavy (non-hydrogen) atoms. The van der Waals surface area contributed by atoms with Crippen molar-refractivity contribution >= 4 is 10.0 Å². The molecule has 0 amide bonds. The minimum Gasteiger partial charge on any atom is -0.392 e. The molecule has 0 aliphatic carbocycles. The smallest absolute Gasteiger partial charge is 0.243 e. The van der Waals surface area contributed by atoms with E-state index in [1.165, 1.54) is 4.31 Å². The zero-order valence-corrected chi connectivity index (χ0v) is 12.2. The van der Waals surface area contributed by atoms with Gasteiger partial charge in [-0.05, 0) is 43.0 Å². The van der Waals surface area contributed by atoms with E-state index in [-0.39, 0.29) is 6.54 Å².